The molecular formula is C18H18BrCl2FN4O2. The average Bonchev–Trinajstić information content (AvgIpc) is 3.19. The van der Waals surface area contributed by atoms with Gasteiger partial charge in [-0.05, 0) is 60.8 Å². The van der Waals surface area contributed by atoms with Gasteiger partial charge in [0.2, 0.25) is 5.28 Å². The second-order valence-corrected chi connectivity index (χ2v) is 9.60. The first-order chi connectivity index (χ1) is 13.0. The van der Waals surface area contributed by atoms with Crippen LogP contribution >= 0.6 is 39.1 Å². The molecule has 4 rings (SSSR count). The van der Waals surface area contributed by atoms with Crippen molar-refractivity contribution in [1.82, 2.24) is 14.9 Å². The molecule has 2 fully saturated rings. The van der Waals surface area contributed by atoms with E-state index >= 15 is 0 Å². The van der Waals surface area contributed by atoms with Crippen LogP contribution in [-0.4, -0.2) is 51.7 Å². The Bertz CT molecular complexity index is 984. The summed E-state index contributed by atoms with van der Waals surface area (Å²) in [6, 6.07) is 1.75. The van der Waals surface area contributed by atoms with E-state index in [4.69, 9.17) is 27.9 Å². The number of ether oxygens (including phenoxy) is 1. The van der Waals surface area contributed by atoms with Gasteiger partial charge < -0.3 is 14.5 Å². The molecule has 1 amide bonds. The number of fused-ring (bicyclic) bond motifs is 3. The molecule has 1 aromatic carbocycles. The van der Waals surface area contributed by atoms with Crippen molar-refractivity contribution in [2.24, 2.45) is 0 Å². The molecule has 0 saturated carbocycles. The molecular weight excluding hydrogens is 474 g/mol. The normalized spacial score (nSPS) is 21.7. The Labute approximate surface area is 180 Å². The van der Waals surface area contributed by atoms with Gasteiger partial charge in [0.05, 0.1) is 17.1 Å². The van der Waals surface area contributed by atoms with E-state index in [0.29, 0.717) is 28.8 Å². The van der Waals surface area contributed by atoms with Crippen molar-refractivity contribution < 1.29 is 13.9 Å². The highest BCUT2D eigenvalue weighted by Crippen LogP contribution is 2.40. The first-order valence-corrected chi connectivity index (χ1v) is 10.4. The highest BCUT2D eigenvalue weighted by Gasteiger charge is 2.47. The maximum atomic E-state index is 14.6. The van der Waals surface area contributed by atoms with Crippen molar-refractivity contribution >= 4 is 61.9 Å². The lowest BCUT2D eigenvalue weighted by molar-refractivity contribution is 0.0214. The Hall–Kier alpha value is -1.38. The number of nitrogens with zero attached hydrogens (tertiary/aromatic N) is 4. The van der Waals surface area contributed by atoms with Crippen LogP contribution in [0.4, 0.5) is 15.0 Å². The molecule has 2 aliphatic heterocycles. The summed E-state index contributed by atoms with van der Waals surface area (Å²) >= 11 is 15.3. The van der Waals surface area contributed by atoms with Gasteiger partial charge in [-0.1, -0.05) is 11.6 Å². The van der Waals surface area contributed by atoms with Crippen LogP contribution in [0.1, 0.15) is 27.2 Å². The lowest BCUT2D eigenvalue weighted by Gasteiger charge is -2.36. The minimum absolute atomic E-state index is 0.00392. The fourth-order valence-corrected chi connectivity index (χ4v) is 4.53. The fraction of sp³-hybridized carbons (Fsp3) is 0.500. The van der Waals surface area contributed by atoms with Crippen molar-refractivity contribution in [2.75, 3.05) is 18.0 Å². The van der Waals surface area contributed by atoms with Crippen LogP contribution in [0.2, 0.25) is 10.3 Å². The number of piperazine rings is 1. The van der Waals surface area contributed by atoms with E-state index in [9.17, 15) is 9.18 Å². The maximum absolute atomic E-state index is 14.6. The molecule has 0 unspecified atom stereocenters. The van der Waals surface area contributed by atoms with Gasteiger partial charge in [-0.2, -0.15) is 4.98 Å². The van der Waals surface area contributed by atoms with Gasteiger partial charge in [0.1, 0.15) is 16.9 Å². The molecule has 0 radical (unpaired) electrons. The van der Waals surface area contributed by atoms with Crippen LogP contribution in [0.5, 0.6) is 0 Å². The molecule has 2 atom stereocenters. The second kappa shape index (κ2) is 6.85. The first-order valence-electron chi connectivity index (χ1n) is 8.82. The lowest BCUT2D eigenvalue weighted by Crippen LogP contribution is -2.50. The van der Waals surface area contributed by atoms with Gasteiger partial charge in [0.25, 0.3) is 0 Å². The van der Waals surface area contributed by atoms with Crippen LogP contribution < -0.4 is 4.90 Å². The summed E-state index contributed by atoms with van der Waals surface area (Å²) in [5.41, 5.74) is -0.465. The van der Waals surface area contributed by atoms with E-state index in [2.05, 4.69) is 30.8 Å². The largest absolute Gasteiger partial charge is 0.444 e. The van der Waals surface area contributed by atoms with Crippen molar-refractivity contribution in [1.29, 1.82) is 0 Å². The quantitative estimate of drug-likeness (QED) is 0.413. The van der Waals surface area contributed by atoms with Crippen molar-refractivity contribution in [3.63, 3.8) is 0 Å². The summed E-state index contributed by atoms with van der Waals surface area (Å²) in [4.78, 5) is 24.6. The number of carbonyl (C=O) groups is 1. The van der Waals surface area contributed by atoms with E-state index in [1.165, 1.54) is 0 Å². The molecule has 0 N–H and O–H groups in total. The van der Waals surface area contributed by atoms with Crippen LogP contribution in [0.15, 0.2) is 10.5 Å². The molecule has 0 spiro atoms. The second-order valence-electron chi connectivity index (χ2n) is 8.03. The lowest BCUT2D eigenvalue weighted by atomic mass is 10.2. The van der Waals surface area contributed by atoms with Crippen LogP contribution in [0.3, 0.4) is 0 Å². The molecule has 0 aliphatic carbocycles. The van der Waals surface area contributed by atoms with Crippen molar-refractivity contribution in [3.8, 4) is 0 Å². The Morgan fingerprint density at radius 3 is 2.61 bits per heavy atom. The smallest absolute Gasteiger partial charge is 0.410 e. The van der Waals surface area contributed by atoms with E-state index in [0.717, 1.165) is 6.42 Å². The summed E-state index contributed by atoms with van der Waals surface area (Å²) < 4.78 is 20.5. The fourth-order valence-electron chi connectivity index (χ4n) is 3.82. The molecule has 1 aromatic heterocycles. The molecule has 2 saturated heterocycles. The summed E-state index contributed by atoms with van der Waals surface area (Å²) in [5, 5.41) is 0.424. The average molecular weight is 492 g/mol. The molecule has 2 aliphatic rings. The zero-order chi connectivity index (χ0) is 20.4. The van der Waals surface area contributed by atoms with Gasteiger partial charge in [0, 0.05) is 22.9 Å². The van der Waals surface area contributed by atoms with Gasteiger partial charge in [-0.25, -0.2) is 14.2 Å². The van der Waals surface area contributed by atoms with Gasteiger partial charge in [-0.15, -0.1) is 0 Å². The highest BCUT2D eigenvalue weighted by atomic mass is 79.9. The van der Waals surface area contributed by atoms with E-state index in [-0.39, 0.29) is 34.0 Å². The molecule has 150 valence electrons. The van der Waals surface area contributed by atoms with Crippen LogP contribution in [0.25, 0.3) is 10.9 Å². The topological polar surface area (TPSA) is 58.6 Å². The van der Waals surface area contributed by atoms with Crippen LogP contribution in [-0.2, 0) is 4.74 Å². The molecule has 10 heteroatoms. The van der Waals surface area contributed by atoms with Crippen LogP contribution in [0, 0.1) is 5.82 Å². The number of benzene rings is 1. The number of hydrogen-bond donors (Lipinski definition) is 0. The monoisotopic (exact) mass is 490 g/mol. The third-order valence-electron chi connectivity index (χ3n) is 4.92. The summed E-state index contributed by atoms with van der Waals surface area (Å²) in [6.07, 6.45) is 0.477. The number of aromatic nitrogens is 2. The minimum atomic E-state index is -0.642. The van der Waals surface area contributed by atoms with Crippen molar-refractivity contribution in [2.45, 2.75) is 44.9 Å². The third-order valence-corrected chi connectivity index (χ3v) is 6.31. The van der Waals surface area contributed by atoms with E-state index in [1.807, 2.05) is 20.8 Å². The number of amides is 1. The Morgan fingerprint density at radius 2 is 2.00 bits per heavy atom. The number of rotatable bonds is 1. The Morgan fingerprint density at radius 1 is 1.29 bits per heavy atom. The summed E-state index contributed by atoms with van der Waals surface area (Å²) in [5.74, 6) is -0.0982. The predicted octanol–water partition coefficient (Wildman–Crippen LogP) is 5.04. The molecule has 2 aromatic rings. The van der Waals surface area contributed by atoms with Gasteiger partial charge in [0.15, 0.2) is 5.82 Å². The van der Waals surface area contributed by atoms with Gasteiger partial charge in [-0.3, -0.25) is 0 Å². The van der Waals surface area contributed by atoms with Crippen molar-refractivity contribution in [3.05, 3.63) is 26.7 Å². The number of hydrogen-bond acceptors (Lipinski definition) is 5. The van der Waals surface area contributed by atoms with E-state index < -0.39 is 11.4 Å². The minimum Gasteiger partial charge on any atom is -0.444 e. The molecule has 3 heterocycles. The van der Waals surface area contributed by atoms with Gasteiger partial charge >= 0.3 is 6.09 Å². The Balaban J connectivity index is 1.66. The predicted molar refractivity (Wildman–Crippen MR) is 110 cm³/mol. The molecule has 28 heavy (non-hydrogen) atoms. The zero-order valence-corrected chi connectivity index (χ0v) is 18.6. The van der Waals surface area contributed by atoms with E-state index in [1.54, 1.807) is 11.0 Å². The first kappa shape index (κ1) is 19.9. The number of halogens is 4. The molecule has 2 bridgehead atoms. The molecule has 6 nitrogen and oxygen atoms in total. The highest BCUT2D eigenvalue weighted by molar-refractivity contribution is 9.10. The zero-order valence-electron chi connectivity index (χ0n) is 15.5. The number of likely N-dealkylation sites (tertiary alicyclic amines) is 1. The maximum Gasteiger partial charge on any atom is 0.410 e. The SMILES string of the molecule is CC(C)(C)OC(=O)N1C[C@@H]2C[C@H]1CN2c1nc(Cl)nc2c(F)c(Cl)c(Br)cc12. The number of carbonyl (C=O) groups excluding carboxylic acids is 1. The third kappa shape index (κ3) is 3.39. The number of anilines is 1. The summed E-state index contributed by atoms with van der Waals surface area (Å²) in [7, 11) is 0. The standard InChI is InChI=1S/C18H18BrCl2FN4O2/c1-18(2,3)28-17(27)26-7-8-4-9(26)6-25(8)15-10-5-11(19)12(20)13(22)14(10)23-16(21)24-15/h5,8-9H,4,6-7H2,1-3H3/t8-,9-/m0/s1. The Kier molecular flexibility index (Phi) is 4.87. The summed E-state index contributed by atoms with van der Waals surface area (Å²) in [6.45, 7) is 6.61.